The van der Waals surface area contributed by atoms with Crippen LogP contribution in [0, 0.1) is 11.7 Å². The van der Waals surface area contributed by atoms with Gasteiger partial charge in [0.15, 0.2) is 11.0 Å². The second kappa shape index (κ2) is 9.53. The quantitative estimate of drug-likeness (QED) is 0.403. The third-order valence-electron chi connectivity index (χ3n) is 5.22. The summed E-state index contributed by atoms with van der Waals surface area (Å²) in [7, 11) is 1.80. The molecule has 2 heterocycles. The highest BCUT2D eigenvalue weighted by atomic mass is 32.2. The molecule has 4 aromatic rings. The molecule has 0 saturated carbocycles. The van der Waals surface area contributed by atoms with E-state index in [9.17, 15) is 14.0 Å². The molecule has 33 heavy (non-hydrogen) atoms. The largest absolute Gasteiger partial charge is 0.342 e. The topological polar surface area (TPSA) is 106 Å². The lowest BCUT2D eigenvalue weighted by Crippen LogP contribution is -2.34. The number of para-hydroxylation sites is 1. The van der Waals surface area contributed by atoms with Crippen LogP contribution in [-0.4, -0.2) is 30.6 Å². The molecule has 1 amide bonds. The molecule has 0 spiro atoms. The van der Waals surface area contributed by atoms with E-state index >= 15 is 0 Å². The van der Waals surface area contributed by atoms with Crippen molar-refractivity contribution in [2.24, 2.45) is 13.0 Å². The van der Waals surface area contributed by atoms with Gasteiger partial charge >= 0.3 is 0 Å². The molecular formula is C23H23FN6O2S. The number of hydrogen-bond acceptors (Lipinski definition) is 6. The summed E-state index contributed by atoms with van der Waals surface area (Å²) in [6.45, 7) is 3.88. The van der Waals surface area contributed by atoms with Gasteiger partial charge in [0.05, 0.1) is 28.3 Å². The molecule has 1 atom stereocenters. The Morgan fingerprint density at radius 2 is 1.88 bits per heavy atom. The minimum atomic E-state index is -0.580. The number of rotatable bonds is 7. The van der Waals surface area contributed by atoms with Crippen LogP contribution in [0.1, 0.15) is 41.9 Å². The van der Waals surface area contributed by atoms with Gasteiger partial charge < -0.3 is 14.9 Å². The molecule has 2 aromatic carbocycles. The number of H-pyrrole nitrogens is 1. The standard InChI is InChI=1S/C23H23FN6O2S/c1-13(2)19(27-21(31)14-8-4-6-10-16(14)24)20-28-29-23(30(20)3)33-12-18-25-17-11-7-5-9-15(17)22(32)26-18/h4-11,13,19H,12H2,1-3H3,(H,27,31)(H,25,26,32). The van der Waals surface area contributed by atoms with Gasteiger partial charge in [0.25, 0.3) is 11.5 Å². The lowest BCUT2D eigenvalue weighted by atomic mass is 10.0. The number of fused-ring (bicyclic) bond motifs is 1. The van der Waals surface area contributed by atoms with Crippen molar-refractivity contribution < 1.29 is 9.18 Å². The zero-order chi connectivity index (χ0) is 23.5. The minimum absolute atomic E-state index is 0.0139. The fraction of sp³-hybridized carbons (Fsp3) is 0.261. The zero-order valence-electron chi connectivity index (χ0n) is 18.4. The van der Waals surface area contributed by atoms with Gasteiger partial charge in [-0.15, -0.1) is 10.2 Å². The smallest absolute Gasteiger partial charge is 0.258 e. The molecule has 2 N–H and O–H groups in total. The molecule has 0 radical (unpaired) electrons. The van der Waals surface area contributed by atoms with Crippen LogP contribution in [0.2, 0.25) is 0 Å². The summed E-state index contributed by atoms with van der Waals surface area (Å²) in [5.41, 5.74) is 0.420. The minimum Gasteiger partial charge on any atom is -0.342 e. The van der Waals surface area contributed by atoms with Crippen LogP contribution in [0.5, 0.6) is 0 Å². The molecule has 10 heteroatoms. The van der Waals surface area contributed by atoms with Gasteiger partial charge in [-0.2, -0.15) is 0 Å². The molecule has 0 bridgehead atoms. The highest BCUT2D eigenvalue weighted by molar-refractivity contribution is 7.98. The lowest BCUT2D eigenvalue weighted by Gasteiger charge is -2.21. The first-order valence-electron chi connectivity index (χ1n) is 10.4. The number of benzene rings is 2. The molecule has 0 fully saturated rings. The number of hydrogen-bond donors (Lipinski definition) is 2. The summed E-state index contributed by atoms with van der Waals surface area (Å²) in [4.78, 5) is 32.3. The van der Waals surface area contributed by atoms with E-state index in [-0.39, 0.29) is 17.0 Å². The van der Waals surface area contributed by atoms with Crippen molar-refractivity contribution in [2.75, 3.05) is 0 Å². The maximum atomic E-state index is 14.0. The fourth-order valence-electron chi connectivity index (χ4n) is 3.45. The highest BCUT2D eigenvalue weighted by Gasteiger charge is 2.26. The number of amides is 1. The molecular weight excluding hydrogens is 443 g/mol. The Labute approximate surface area is 193 Å². The first kappa shape index (κ1) is 22.7. The summed E-state index contributed by atoms with van der Waals surface area (Å²) in [6.07, 6.45) is 0. The predicted molar refractivity (Wildman–Crippen MR) is 124 cm³/mol. The van der Waals surface area contributed by atoms with Crippen molar-refractivity contribution in [1.82, 2.24) is 30.0 Å². The van der Waals surface area contributed by atoms with E-state index in [4.69, 9.17) is 0 Å². The maximum absolute atomic E-state index is 14.0. The maximum Gasteiger partial charge on any atom is 0.258 e. The van der Waals surface area contributed by atoms with Crippen molar-refractivity contribution >= 4 is 28.6 Å². The van der Waals surface area contributed by atoms with Crippen molar-refractivity contribution in [3.05, 3.63) is 81.9 Å². The number of nitrogens with one attached hydrogen (secondary N) is 2. The number of thioether (sulfide) groups is 1. The molecule has 170 valence electrons. The van der Waals surface area contributed by atoms with Gasteiger partial charge in [-0.05, 0) is 30.2 Å². The summed E-state index contributed by atoms with van der Waals surface area (Å²) < 4.78 is 15.8. The van der Waals surface area contributed by atoms with Gasteiger partial charge in [-0.1, -0.05) is 49.9 Å². The molecule has 0 saturated heterocycles. The Morgan fingerprint density at radius 3 is 2.64 bits per heavy atom. The fourth-order valence-corrected chi connectivity index (χ4v) is 4.24. The number of carbonyl (C=O) groups is 1. The van der Waals surface area contributed by atoms with Crippen LogP contribution < -0.4 is 10.9 Å². The second-order valence-electron chi connectivity index (χ2n) is 7.89. The molecule has 0 aliphatic carbocycles. The normalized spacial score (nSPS) is 12.3. The average Bonchev–Trinajstić information content (AvgIpc) is 3.16. The Kier molecular flexibility index (Phi) is 6.55. The van der Waals surface area contributed by atoms with Crippen LogP contribution in [0.4, 0.5) is 4.39 Å². The van der Waals surface area contributed by atoms with E-state index in [0.29, 0.717) is 33.5 Å². The predicted octanol–water partition coefficient (Wildman–Crippen LogP) is 3.61. The van der Waals surface area contributed by atoms with Gasteiger partial charge in [-0.3, -0.25) is 9.59 Å². The number of aromatic amines is 1. The lowest BCUT2D eigenvalue weighted by molar-refractivity contribution is 0.0918. The summed E-state index contributed by atoms with van der Waals surface area (Å²) >= 11 is 1.37. The van der Waals surface area contributed by atoms with E-state index in [1.54, 1.807) is 35.9 Å². The molecule has 1 unspecified atom stereocenters. The molecule has 2 aromatic heterocycles. The van der Waals surface area contributed by atoms with Crippen molar-refractivity contribution in [1.29, 1.82) is 0 Å². The number of nitrogens with zero attached hydrogens (tertiary/aromatic N) is 4. The zero-order valence-corrected chi connectivity index (χ0v) is 19.2. The van der Waals surface area contributed by atoms with Crippen molar-refractivity contribution in [2.45, 2.75) is 30.8 Å². The third kappa shape index (κ3) is 4.80. The van der Waals surface area contributed by atoms with Crippen LogP contribution in [0.15, 0.2) is 58.5 Å². The van der Waals surface area contributed by atoms with E-state index in [1.807, 2.05) is 19.9 Å². The number of carbonyl (C=O) groups excluding carboxylic acids is 1. The average molecular weight is 467 g/mol. The van der Waals surface area contributed by atoms with Crippen molar-refractivity contribution in [3.8, 4) is 0 Å². The van der Waals surface area contributed by atoms with Crippen molar-refractivity contribution in [3.63, 3.8) is 0 Å². The van der Waals surface area contributed by atoms with Gasteiger partial charge in [0.1, 0.15) is 11.6 Å². The van der Waals surface area contributed by atoms with Gasteiger partial charge in [0, 0.05) is 7.05 Å². The Morgan fingerprint density at radius 1 is 1.15 bits per heavy atom. The monoisotopic (exact) mass is 466 g/mol. The molecule has 0 aliphatic heterocycles. The number of aromatic nitrogens is 5. The Hall–Kier alpha value is -3.53. The first-order valence-corrected chi connectivity index (χ1v) is 11.4. The van der Waals surface area contributed by atoms with E-state index in [1.165, 1.54) is 30.0 Å². The van der Waals surface area contributed by atoms with Crippen LogP contribution in [0.25, 0.3) is 10.9 Å². The molecule has 0 aliphatic rings. The summed E-state index contributed by atoms with van der Waals surface area (Å²) in [5, 5.41) is 12.5. The molecule has 4 rings (SSSR count). The molecule has 8 nitrogen and oxygen atoms in total. The van der Waals surface area contributed by atoms with E-state index in [0.717, 1.165) is 0 Å². The van der Waals surface area contributed by atoms with E-state index < -0.39 is 17.8 Å². The van der Waals surface area contributed by atoms with Crippen LogP contribution in [0.3, 0.4) is 0 Å². The Balaban J connectivity index is 1.52. The first-order chi connectivity index (χ1) is 15.8. The van der Waals surface area contributed by atoms with Crippen LogP contribution >= 0.6 is 11.8 Å². The second-order valence-corrected chi connectivity index (χ2v) is 8.84. The summed E-state index contributed by atoms with van der Waals surface area (Å²) in [6, 6.07) is 12.5. The summed E-state index contributed by atoms with van der Waals surface area (Å²) in [5.74, 6) is 0.365. The van der Waals surface area contributed by atoms with Crippen LogP contribution in [-0.2, 0) is 12.8 Å². The Bertz CT molecular complexity index is 1370. The van der Waals surface area contributed by atoms with Gasteiger partial charge in [0.2, 0.25) is 0 Å². The SMILES string of the molecule is CC(C)C(NC(=O)c1ccccc1F)c1nnc(SCc2nc3ccccc3c(=O)[nH]2)n1C. The van der Waals surface area contributed by atoms with E-state index in [2.05, 4.69) is 25.5 Å². The third-order valence-corrected chi connectivity index (χ3v) is 6.25. The van der Waals surface area contributed by atoms with Gasteiger partial charge in [-0.25, -0.2) is 9.37 Å². The number of halogens is 1. The highest BCUT2D eigenvalue weighted by Crippen LogP contribution is 2.26.